The topological polar surface area (TPSA) is 29.5 Å². The van der Waals surface area contributed by atoms with E-state index in [0.29, 0.717) is 5.91 Å². The van der Waals surface area contributed by atoms with E-state index < -0.39 is 0 Å². The Kier molecular flexibility index (Phi) is 5.04. The van der Waals surface area contributed by atoms with Crippen molar-refractivity contribution >= 4 is 5.91 Å². The summed E-state index contributed by atoms with van der Waals surface area (Å²) in [5.74, 6) is 1.14. The molecule has 3 heteroatoms. The number of amides is 1. The summed E-state index contributed by atoms with van der Waals surface area (Å²) in [5.41, 5.74) is 0. The number of carbonyl (C=O) groups excluding carboxylic acids is 1. The van der Waals surface area contributed by atoms with Gasteiger partial charge in [-0.25, -0.2) is 0 Å². The highest BCUT2D eigenvalue weighted by Crippen LogP contribution is 2.27. The third-order valence-electron chi connectivity index (χ3n) is 4.26. The molecule has 0 aromatic rings. The summed E-state index contributed by atoms with van der Waals surface area (Å²) >= 11 is 0. The van der Waals surface area contributed by atoms with Gasteiger partial charge in [0, 0.05) is 19.5 Å². The van der Waals surface area contributed by atoms with E-state index in [4.69, 9.17) is 4.74 Å². The molecule has 0 aromatic heterocycles. The van der Waals surface area contributed by atoms with Crippen LogP contribution in [0.5, 0.6) is 0 Å². The monoisotopic (exact) mass is 253 g/mol. The first-order chi connectivity index (χ1) is 8.65. The van der Waals surface area contributed by atoms with E-state index in [1.807, 2.05) is 4.90 Å². The van der Waals surface area contributed by atoms with Gasteiger partial charge >= 0.3 is 0 Å². The van der Waals surface area contributed by atoms with Crippen LogP contribution in [0.25, 0.3) is 0 Å². The van der Waals surface area contributed by atoms with Gasteiger partial charge in [-0.1, -0.05) is 32.1 Å². The Hall–Kier alpha value is -0.570. The van der Waals surface area contributed by atoms with E-state index in [1.165, 1.54) is 32.1 Å². The van der Waals surface area contributed by atoms with Gasteiger partial charge in [0.1, 0.15) is 0 Å². The van der Waals surface area contributed by atoms with Gasteiger partial charge < -0.3 is 9.64 Å². The summed E-state index contributed by atoms with van der Waals surface area (Å²) in [5, 5.41) is 0. The molecule has 0 bridgehead atoms. The quantitative estimate of drug-likeness (QED) is 0.774. The lowest BCUT2D eigenvalue weighted by Gasteiger charge is -2.35. The normalized spacial score (nSPS) is 30.4. The standard InChI is InChI=1S/C15H27NO2/c1-12-10-16(11-13(2)18-12)15(17)9-8-14-6-4-3-5-7-14/h12-14H,3-11H2,1-2H3. The molecular weight excluding hydrogens is 226 g/mol. The molecule has 2 unspecified atom stereocenters. The van der Waals surface area contributed by atoms with Gasteiger partial charge in [0.15, 0.2) is 0 Å². The van der Waals surface area contributed by atoms with Crippen molar-refractivity contribution in [3.8, 4) is 0 Å². The maximum Gasteiger partial charge on any atom is 0.222 e. The second-order valence-corrected chi connectivity index (χ2v) is 6.10. The molecule has 3 nitrogen and oxygen atoms in total. The second kappa shape index (κ2) is 6.55. The molecule has 1 saturated heterocycles. The SMILES string of the molecule is CC1CN(C(=O)CCC2CCCCC2)CC(C)O1. The van der Waals surface area contributed by atoms with Gasteiger partial charge in [-0.05, 0) is 26.2 Å². The molecule has 1 amide bonds. The van der Waals surface area contributed by atoms with Crippen LogP contribution in [-0.4, -0.2) is 36.1 Å². The molecular formula is C15H27NO2. The molecule has 0 radical (unpaired) electrons. The Labute approximate surface area is 111 Å². The number of ether oxygens (including phenoxy) is 1. The smallest absolute Gasteiger partial charge is 0.222 e. The molecule has 104 valence electrons. The van der Waals surface area contributed by atoms with Crippen LogP contribution in [0.3, 0.4) is 0 Å². The van der Waals surface area contributed by atoms with Crippen molar-refractivity contribution in [1.29, 1.82) is 0 Å². The number of nitrogens with zero attached hydrogens (tertiary/aromatic N) is 1. The molecule has 0 aromatic carbocycles. The van der Waals surface area contributed by atoms with Crippen molar-refractivity contribution in [3.63, 3.8) is 0 Å². The number of hydrogen-bond donors (Lipinski definition) is 0. The van der Waals surface area contributed by atoms with Gasteiger partial charge in [0.05, 0.1) is 12.2 Å². The summed E-state index contributed by atoms with van der Waals surface area (Å²) in [7, 11) is 0. The Morgan fingerprint density at radius 2 is 1.72 bits per heavy atom. The first kappa shape index (κ1) is 13.9. The van der Waals surface area contributed by atoms with Crippen LogP contribution in [-0.2, 0) is 9.53 Å². The molecule has 18 heavy (non-hydrogen) atoms. The minimum Gasteiger partial charge on any atom is -0.372 e. The molecule has 0 spiro atoms. The fraction of sp³-hybridized carbons (Fsp3) is 0.933. The van der Waals surface area contributed by atoms with E-state index >= 15 is 0 Å². The van der Waals surface area contributed by atoms with Crippen molar-refractivity contribution in [1.82, 2.24) is 4.90 Å². The molecule has 2 aliphatic rings. The highest BCUT2D eigenvalue weighted by molar-refractivity contribution is 5.76. The predicted octanol–water partition coefficient (Wildman–Crippen LogP) is 2.98. The Morgan fingerprint density at radius 3 is 2.33 bits per heavy atom. The summed E-state index contributed by atoms with van der Waals surface area (Å²) in [6, 6.07) is 0. The van der Waals surface area contributed by atoms with E-state index in [-0.39, 0.29) is 12.2 Å². The zero-order valence-electron chi connectivity index (χ0n) is 11.9. The zero-order valence-corrected chi connectivity index (χ0v) is 11.9. The lowest BCUT2D eigenvalue weighted by atomic mass is 9.86. The third-order valence-corrected chi connectivity index (χ3v) is 4.26. The second-order valence-electron chi connectivity index (χ2n) is 6.10. The fourth-order valence-electron chi connectivity index (χ4n) is 3.34. The van der Waals surface area contributed by atoms with Gasteiger partial charge in [-0.2, -0.15) is 0 Å². The van der Waals surface area contributed by atoms with Crippen LogP contribution >= 0.6 is 0 Å². The van der Waals surface area contributed by atoms with Crippen LogP contribution in [0.4, 0.5) is 0 Å². The van der Waals surface area contributed by atoms with E-state index in [0.717, 1.165) is 31.8 Å². The number of rotatable bonds is 3. The summed E-state index contributed by atoms with van der Waals surface area (Å²) in [6.07, 6.45) is 9.01. The summed E-state index contributed by atoms with van der Waals surface area (Å²) in [6.45, 7) is 5.65. The summed E-state index contributed by atoms with van der Waals surface area (Å²) < 4.78 is 5.67. The van der Waals surface area contributed by atoms with Crippen molar-refractivity contribution in [3.05, 3.63) is 0 Å². The molecule has 0 N–H and O–H groups in total. The molecule has 1 aliphatic carbocycles. The summed E-state index contributed by atoms with van der Waals surface area (Å²) in [4.78, 5) is 14.2. The Balaban J connectivity index is 1.73. The number of hydrogen-bond acceptors (Lipinski definition) is 2. The third kappa shape index (κ3) is 3.98. The maximum absolute atomic E-state index is 12.2. The molecule has 1 aliphatic heterocycles. The number of morpholine rings is 1. The fourth-order valence-corrected chi connectivity index (χ4v) is 3.34. The Bertz CT molecular complexity index is 264. The maximum atomic E-state index is 12.2. The van der Waals surface area contributed by atoms with Crippen molar-refractivity contribution in [2.75, 3.05) is 13.1 Å². The van der Waals surface area contributed by atoms with Gasteiger partial charge in [-0.3, -0.25) is 4.79 Å². The first-order valence-electron chi connectivity index (χ1n) is 7.58. The molecule has 2 fully saturated rings. The van der Waals surface area contributed by atoms with Crippen LogP contribution in [0.15, 0.2) is 0 Å². The lowest BCUT2D eigenvalue weighted by molar-refractivity contribution is -0.143. The van der Waals surface area contributed by atoms with Gasteiger partial charge in [0.2, 0.25) is 5.91 Å². The molecule has 1 heterocycles. The highest BCUT2D eigenvalue weighted by Gasteiger charge is 2.26. The van der Waals surface area contributed by atoms with Crippen molar-refractivity contribution < 1.29 is 9.53 Å². The molecule has 2 atom stereocenters. The number of carbonyl (C=O) groups is 1. The van der Waals surface area contributed by atoms with E-state index in [9.17, 15) is 4.79 Å². The van der Waals surface area contributed by atoms with Crippen molar-refractivity contribution in [2.45, 2.75) is 71.0 Å². The lowest BCUT2D eigenvalue weighted by Crippen LogP contribution is -2.48. The van der Waals surface area contributed by atoms with E-state index in [2.05, 4.69) is 13.8 Å². The van der Waals surface area contributed by atoms with Crippen molar-refractivity contribution in [2.24, 2.45) is 5.92 Å². The van der Waals surface area contributed by atoms with Crippen LogP contribution < -0.4 is 0 Å². The average Bonchev–Trinajstić information content (AvgIpc) is 2.36. The largest absolute Gasteiger partial charge is 0.372 e. The van der Waals surface area contributed by atoms with Crippen LogP contribution in [0.1, 0.15) is 58.8 Å². The molecule has 1 saturated carbocycles. The Morgan fingerprint density at radius 1 is 1.11 bits per heavy atom. The molecule has 2 rings (SSSR count). The predicted molar refractivity (Wildman–Crippen MR) is 72.4 cm³/mol. The first-order valence-corrected chi connectivity index (χ1v) is 7.58. The minimum absolute atomic E-state index is 0.187. The highest BCUT2D eigenvalue weighted by atomic mass is 16.5. The van der Waals surface area contributed by atoms with Crippen LogP contribution in [0, 0.1) is 5.92 Å². The van der Waals surface area contributed by atoms with E-state index in [1.54, 1.807) is 0 Å². The van der Waals surface area contributed by atoms with Gasteiger partial charge in [-0.15, -0.1) is 0 Å². The average molecular weight is 253 g/mol. The van der Waals surface area contributed by atoms with Crippen LogP contribution in [0.2, 0.25) is 0 Å². The van der Waals surface area contributed by atoms with Gasteiger partial charge in [0.25, 0.3) is 0 Å². The zero-order chi connectivity index (χ0) is 13.0. The minimum atomic E-state index is 0.187.